The van der Waals surface area contributed by atoms with Gasteiger partial charge in [0.15, 0.2) is 0 Å². The van der Waals surface area contributed by atoms with Crippen molar-refractivity contribution in [2.45, 2.75) is 19.9 Å². The molecule has 4 aromatic rings. The summed E-state index contributed by atoms with van der Waals surface area (Å²) in [6.45, 7) is 1.89. The maximum atomic E-state index is 12.7. The topological polar surface area (TPSA) is 67.8 Å². The maximum Gasteiger partial charge on any atom is 0.267 e. The van der Waals surface area contributed by atoms with E-state index in [-0.39, 0.29) is 17.9 Å². The van der Waals surface area contributed by atoms with Gasteiger partial charge >= 0.3 is 0 Å². The fraction of sp³-hybridized carbons (Fsp3) is 0.136. The van der Waals surface area contributed by atoms with Crippen LogP contribution in [0.1, 0.15) is 23.0 Å². The van der Waals surface area contributed by atoms with E-state index in [2.05, 4.69) is 10.1 Å². The third kappa shape index (κ3) is 3.31. The Hall–Kier alpha value is -3.47. The van der Waals surface area contributed by atoms with Crippen molar-refractivity contribution in [1.82, 2.24) is 14.8 Å². The number of benzene rings is 2. The first-order valence-electron chi connectivity index (χ1n) is 8.93. The van der Waals surface area contributed by atoms with Crippen LogP contribution in [-0.2, 0) is 13.0 Å². The summed E-state index contributed by atoms with van der Waals surface area (Å²) in [7, 11) is 0. The minimum absolute atomic E-state index is 0.102. The lowest BCUT2D eigenvalue weighted by atomic mass is 10.1. The fourth-order valence-corrected chi connectivity index (χ4v) is 3.19. The number of H-pyrrole nitrogens is 1. The summed E-state index contributed by atoms with van der Waals surface area (Å²) in [6, 6.07) is 20.8. The van der Waals surface area contributed by atoms with E-state index in [1.54, 1.807) is 12.1 Å². The number of ketones is 1. The molecule has 0 radical (unpaired) electrons. The van der Waals surface area contributed by atoms with Gasteiger partial charge in [0.2, 0.25) is 5.78 Å². The lowest BCUT2D eigenvalue weighted by Crippen LogP contribution is -2.27. The molecule has 0 aliphatic heterocycles. The van der Waals surface area contributed by atoms with Crippen molar-refractivity contribution in [2.75, 3.05) is 0 Å². The summed E-state index contributed by atoms with van der Waals surface area (Å²) in [5, 5.41) is 5.47. The molecule has 2 aromatic heterocycles. The molecule has 0 amide bonds. The molecule has 1 N–H and O–H groups in total. The molecule has 0 aliphatic rings. The zero-order valence-electron chi connectivity index (χ0n) is 15.0. The summed E-state index contributed by atoms with van der Waals surface area (Å²) in [5.74, 6) is -0.177. The van der Waals surface area contributed by atoms with Gasteiger partial charge in [0.05, 0.1) is 11.4 Å². The van der Waals surface area contributed by atoms with Crippen LogP contribution in [-0.4, -0.2) is 20.5 Å². The van der Waals surface area contributed by atoms with Crippen molar-refractivity contribution in [1.29, 1.82) is 0 Å². The number of hydrogen-bond acceptors (Lipinski definition) is 3. The van der Waals surface area contributed by atoms with Crippen LogP contribution in [0, 0.1) is 0 Å². The summed E-state index contributed by atoms with van der Waals surface area (Å²) < 4.78 is 1.25. The molecule has 0 saturated heterocycles. The Morgan fingerprint density at radius 1 is 1.04 bits per heavy atom. The molecule has 134 valence electrons. The number of aromatic amines is 1. The van der Waals surface area contributed by atoms with Crippen molar-refractivity contribution in [3.05, 3.63) is 88.3 Å². The smallest absolute Gasteiger partial charge is 0.267 e. The normalized spacial score (nSPS) is 11.0. The molecule has 5 heteroatoms. The van der Waals surface area contributed by atoms with E-state index in [9.17, 15) is 9.59 Å². The Balaban J connectivity index is 1.71. The van der Waals surface area contributed by atoms with Crippen LogP contribution >= 0.6 is 0 Å². The van der Waals surface area contributed by atoms with E-state index in [0.717, 1.165) is 27.7 Å². The third-order valence-electron chi connectivity index (χ3n) is 4.63. The number of aromatic nitrogens is 3. The number of hydrogen-bond donors (Lipinski definition) is 1. The molecule has 0 atom stereocenters. The number of nitrogens with zero attached hydrogens (tertiary/aromatic N) is 2. The van der Waals surface area contributed by atoms with Crippen LogP contribution in [0.25, 0.3) is 22.2 Å². The number of nitrogens with one attached hydrogen (secondary N) is 1. The largest absolute Gasteiger partial charge is 0.352 e. The van der Waals surface area contributed by atoms with E-state index < -0.39 is 0 Å². The summed E-state index contributed by atoms with van der Waals surface area (Å²) in [6.07, 6.45) is 0.698. The number of aryl methyl sites for hydroxylation is 1. The predicted octanol–water partition coefficient (Wildman–Crippen LogP) is 3.84. The number of fused-ring (bicyclic) bond motifs is 1. The average molecular weight is 357 g/mol. The number of carbonyl (C=O) groups excluding carboxylic acids is 1. The molecule has 0 spiro atoms. The summed E-state index contributed by atoms with van der Waals surface area (Å²) >= 11 is 0. The van der Waals surface area contributed by atoms with Gasteiger partial charge in [-0.15, -0.1) is 0 Å². The van der Waals surface area contributed by atoms with Gasteiger partial charge in [-0.2, -0.15) is 5.10 Å². The molecule has 0 saturated carbocycles. The first-order chi connectivity index (χ1) is 13.2. The number of para-hydroxylation sites is 1. The zero-order chi connectivity index (χ0) is 18.8. The van der Waals surface area contributed by atoms with Crippen molar-refractivity contribution < 1.29 is 4.79 Å². The van der Waals surface area contributed by atoms with Crippen molar-refractivity contribution in [3.63, 3.8) is 0 Å². The Morgan fingerprint density at radius 3 is 2.52 bits per heavy atom. The highest BCUT2D eigenvalue weighted by molar-refractivity contribution is 5.99. The molecule has 0 fully saturated rings. The van der Waals surface area contributed by atoms with Crippen LogP contribution in [0.5, 0.6) is 0 Å². The van der Waals surface area contributed by atoms with Crippen LogP contribution in [0.4, 0.5) is 0 Å². The average Bonchev–Trinajstić information content (AvgIpc) is 3.14. The maximum absolute atomic E-state index is 12.7. The van der Waals surface area contributed by atoms with Crippen LogP contribution < -0.4 is 5.56 Å². The Morgan fingerprint density at radius 2 is 1.78 bits per heavy atom. The van der Waals surface area contributed by atoms with E-state index in [4.69, 9.17) is 0 Å². The number of carbonyl (C=O) groups is 1. The Bertz CT molecular complexity index is 1140. The van der Waals surface area contributed by atoms with Gasteiger partial charge in [-0.1, -0.05) is 55.5 Å². The van der Waals surface area contributed by atoms with Crippen LogP contribution in [0.3, 0.4) is 0 Å². The molecule has 0 bridgehead atoms. The molecule has 0 aliphatic carbocycles. The highest BCUT2D eigenvalue weighted by Crippen LogP contribution is 2.20. The number of rotatable bonds is 5. The molecular weight excluding hydrogens is 338 g/mol. The molecule has 5 nitrogen and oxygen atoms in total. The molecule has 0 unspecified atom stereocenters. The quantitative estimate of drug-likeness (QED) is 0.552. The van der Waals surface area contributed by atoms with Gasteiger partial charge in [-0.05, 0) is 24.1 Å². The molecule has 4 rings (SSSR count). The first kappa shape index (κ1) is 17.0. The highest BCUT2D eigenvalue weighted by atomic mass is 16.1. The van der Waals surface area contributed by atoms with Gasteiger partial charge in [0.1, 0.15) is 6.54 Å². The van der Waals surface area contributed by atoms with Crippen LogP contribution in [0.15, 0.2) is 71.5 Å². The molecular formula is C22H19N3O2. The van der Waals surface area contributed by atoms with Gasteiger partial charge in [-0.25, -0.2) is 4.68 Å². The van der Waals surface area contributed by atoms with E-state index >= 15 is 0 Å². The van der Waals surface area contributed by atoms with Crippen LogP contribution in [0.2, 0.25) is 0 Å². The monoisotopic (exact) mass is 357 g/mol. The zero-order valence-corrected chi connectivity index (χ0v) is 15.0. The van der Waals surface area contributed by atoms with Gasteiger partial charge < -0.3 is 4.98 Å². The summed E-state index contributed by atoms with van der Waals surface area (Å²) in [4.78, 5) is 28.3. The predicted molar refractivity (Wildman–Crippen MR) is 106 cm³/mol. The molecule has 2 aromatic carbocycles. The van der Waals surface area contributed by atoms with Gasteiger partial charge in [0, 0.05) is 22.5 Å². The number of Topliss-reactive ketones (excluding diaryl/α,β-unsaturated/α-hetero) is 1. The SMILES string of the molecule is CCc1cc(=O)n(CC(=O)c2cc3ccccc3[nH]2)nc1-c1ccccc1. The molecule has 2 heterocycles. The standard InChI is InChI=1S/C22H19N3O2/c1-2-15-13-21(27)25(24-22(15)16-8-4-3-5-9-16)14-20(26)19-12-17-10-6-7-11-18(17)23-19/h3-13,23H,2,14H2,1H3. The van der Waals surface area contributed by atoms with E-state index in [1.807, 2.05) is 61.5 Å². The van der Waals surface area contributed by atoms with Crippen molar-refractivity contribution >= 4 is 16.7 Å². The fourth-order valence-electron chi connectivity index (χ4n) is 3.19. The van der Waals surface area contributed by atoms with Gasteiger partial charge in [-0.3, -0.25) is 9.59 Å². The van der Waals surface area contributed by atoms with E-state index in [1.165, 1.54) is 4.68 Å². The minimum Gasteiger partial charge on any atom is -0.352 e. The van der Waals surface area contributed by atoms with E-state index in [0.29, 0.717) is 12.1 Å². The second kappa shape index (κ2) is 7.03. The van der Waals surface area contributed by atoms with Crippen molar-refractivity contribution in [2.24, 2.45) is 0 Å². The summed E-state index contributed by atoms with van der Waals surface area (Å²) in [5.41, 5.74) is 3.65. The third-order valence-corrected chi connectivity index (χ3v) is 4.63. The molecule has 27 heavy (non-hydrogen) atoms. The highest BCUT2D eigenvalue weighted by Gasteiger charge is 2.15. The van der Waals surface area contributed by atoms with Crippen molar-refractivity contribution in [3.8, 4) is 11.3 Å². The second-order valence-electron chi connectivity index (χ2n) is 6.43. The Labute approximate surface area is 156 Å². The first-order valence-corrected chi connectivity index (χ1v) is 8.93. The Kier molecular flexibility index (Phi) is 4.42. The minimum atomic E-state index is -0.268. The second-order valence-corrected chi connectivity index (χ2v) is 6.43. The lowest BCUT2D eigenvalue weighted by Gasteiger charge is -2.10. The van der Waals surface area contributed by atoms with Gasteiger partial charge in [0.25, 0.3) is 5.56 Å². The lowest BCUT2D eigenvalue weighted by molar-refractivity contribution is 0.0961.